The van der Waals surface area contributed by atoms with Gasteiger partial charge in [-0.1, -0.05) is 47.5 Å². The molecule has 0 fully saturated rings. The van der Waals surface area contributed by atoms with Crippen molar-refractivity contribution in [2.45, 2.75) is 49.4 Å². The maximum Gasteiger partial charge on any atom is 0.332 e. The number of esters is 1. The molecule has 0 spiro atoms. The van der Waals surface area contributed by atoms with E-state index < -0.39 is 26.7 Å². The Morgan fingerprint density at radius 1 is 1.10 bits per heavy atom. The Bertz CT molecular complexity index is 1060. The molecule has 0 heterocycles. The van der Waals surface area contributed by atoms with E-state index in [0.717, 1.165) is 17.5 Å². The molecule has 0 N–H and O–H groups in total. The van der Waals surface area contributed by atoms with E-state index in [1.165, 1.54) is 18.2 Å². The van der Waals surface area contributed by atoms with Crippen LogP contribution in [-0.4, -0.2) is 33.2 Å². The lowest BCUT2D eigenvalue weighted by Crippen LogP contribution is -2.32. The number of fused-ring (bicyclic) bond motifs is 1. The molecule has 2 aromatic carbocycles. The van der Waals surface area contributed by atoms with Gasteiger partial charge in [-0.3, -0.25) is 0 Å². The second-order valence-electron chi connectivity index (χ2n) is 8.64. The Balaban J connectivity index is 1.87. The van der Waals surface area contributed by atoms with E-state index in [1.54, 1.807) is 20.8 Å². The van der Waals surface area contributed by atoms with Crippen LogP contribution in [0.15, 0.2) is 47.4 Å². The summed E-state index contributed by atoms with van der Waals surface area (Å²) in [7, 11) is -3.78. The molecular formula is C23H26Cl2O5S. The summed E-state index contributed by atoms with van der Waals surface area (Å²) in [5.74, 6) is -0.801. The normalized spacial score (nSPS) is 19.0. The van der Waals surface area contributed by atoms with Gasteiger partial charge in [0.15, 0.2) is 9.84 Å². The number of hydrogen-bond donors (Lipinski definition) is 0. The highest BCUT2D eigenvalue weighted by Gasteiger charge is 2.40. The molecule has 2 aromatic rings. The number of rotatable bonds is 6. The van der Waals surface area contributed by atoms with Crippen molar-refractivity contribution in [2.75, 3.05) is 13.2 Å². The zero-order valence-electron chi connectivity index (χ0n) is 17.7. The van der Waals surface area contributed by atoms with E-state index in [2.05, 4.69) is 0 Å². The summed E-state index contributed by atoms with van der Waals surface area (Å²) in [5.41, 5.74) is 1.15. The van der Waals surface area contributed by atoms with Crippen LogP contribution in [-0.2, 0) is 30.5 Å². The van der Waals surface area contributed by atoms with Crippen molar-refractivity contribution in [3.63, 3.8) is 0 Å². The molecule has 3 rings (SSSR count). The third-order valence-corrected chi connectivity index (χ3v) is 8.06. The van der Waals surface area contributed by atoms with Crippen LogP contribution in [0.3, 0.4) is 0 Å². The standard InChI is InChI=1S/C23H26Cl2O5S/c1-23(2,3)30-21(26)14-29-13-16-9-8-15-6-4-5-7-18(15)22(16)31(27,28)17-10-11-19(24)20(25)12-17/h4-7,10-12,16,22H,8-9,13-14H2,1-3H3. The Hall–Kier alpha value is -1.60. The highest BCUT2D eigenvalue weighted by molar-refractivity contribution is 7.91. The topological polar surface area (TPSA) is 69.7 Å². The van der Waals surface area contributed by atoms with Gasteiger partial charge in [-0.15, -0.1) is 0 Å². The van der Waals surface area contributed by atoms with Crippen LogP contribution in [0.5, 0.6) is 0 Å². The van der Waals surface area contributed by atoms with Crippen LogP contribution in [0.25, 0.3) is 0 Å². The quantitative estimate of drug-likeness (QED) is 0.511. The van der Waals surface area contributed by atoms with E-state index in [1.807, 2.05) is 24.3 Å². The first kappa shape index (κ1) is 24.1. The minimum Gasteiger partial charge on any atom is -0.458 e. The van der Waals surface area contributed by atoms with Crippen molar-refractivity contribution in [1.82, 2.24) is 0 Å². The first-order valence-electron chi connectivity index (χ1n) is 10.1. The molecule has 0 aromatic heterocycles. The van der Waals surface area contributed by atoms with E-state index in [4.69, 9.17) is 32.7 Å². The summed E-state index contributed by atoms with van der Waals surface area (Å²) < 4.78 is 38.2. The first-order valence-corrected chi connectivity index (χ1v) is 12.4. The Morgan fingerprint density at radius 2 is 1.81 bits per heavy atom. The third kappa shape index (κ3) is 5.80. The lowest BCUT2D eigenvalue weighted by Gasteiger charge is -2.33. The molecule has 168 valence electrons. The highest BCUT2D eigenvalue weighted by atomic mass is 35.5. The smallest absolute Gasteiger partial charge is 0.332 e. The maximum absolute atomic E-state index is 13.7. The van der Waals surface area contributed by atoms with Crippen molar-refractivity contribution in [1.29, 1.82) is 0 Å². The van der Waals surface area contributed by atoms with Crippen molar-refractivity contribution < 1.29 is 22.7 Å². The lowest BCUT2D eigenvalue weighted by atomic mass is 9.84. The fourth-order valence-corrected chi connectivity index (χ4v) is 6.32. The Morgan fingerprint density at radius 3 is 2.48 bits per heavy atom. The van der Waals surface area contributed by atoms with Crippen molar-refractivity contribution in [3.05, 3.63) is 63.6 Å². The molecule has 8 heteroatoms. The number of carbonyl (C=O) groups is 1. The largest absolute Gasteiger partial charge is 0.458 e. The fourth-order valence-electron chi connectivity index (χ4n) is 3.84. The van der Waals surface area contributed by atoms with E-state index in [-0.39, 0.29) is 29.0 Å². The van der Waals surface area contributed by atoms with Crippen LogP contribution in [0.4, 0.5) is 0 Å². The summed E-state index contributed by atoms with van der Waals surface area (Å²) >= 11 is 12.1. The van der Waals surface area contributed by atoms with Gasteiger partial charge in [0.2, 0.25) is 0 Å². The number of benzene rings is 2. The van der Waals surface area contributed by atoms with Gasteiger partial charge in [-0.2, -0.15) is 0 Å². The molecule has 0 aliphatic heterocycles. The molecule has 0 amide bonds. The Labute approximate surface area is 193 Å². The number of hydrogen-bond acceptors (Lipinski definition) is 5. The van der Waals surface area contributed by atoms with Crippen LogP contribution < -0.4 is 0 Å². The fraction of sp³-hybridized carbons (Fsp3) is 0.435. The molecule has 31 heavy (non-hydrogen) atoms. The van der Waals surface area contributed by atoms with E-state index in [9.17, 15) is 13.2 Å². The number of halogens is 2. The van der Waals surface area contributed by atoms with Gasteiger partial charge in [0.05, 0.1) is 26.8 Å². The molecule has 0 radical (unpaired) electrons. The molecule has 0 saturated heterocycles. The molecule has 2 unspecified atom stereocenters. The molecule has 0 bridgehead atoms. The SMILES string of the molecule is CC(C)(C)OC(=O)COCC1CCc2ccccc2C1S(=O)(=O)c1ccc(Cl)c(Cl)c1. The van der Waals surface area contributed by atoms with Gasteiger partial charge in [0, 0.05) is 5.92 Å². The van der Waals surface area contributed by atoms with Gasteiger partial charge < -0.3 is 9.47 Å². The second kappa shape index (κ2) is 9.49. The van der Waals surface area contributed by atoms with Crippen LogP contribution in [0.1, 0.15) is 43.6 Å². The summed E-state index contributed by atoms with van der Waals surface area (Å²) in [5, 5.41) is -0.334. The minimum absolute atomic E-state index is 0.112. The predicted molar refractivity (Wildman–Crippen MR) is 121 cm³/mol. The van der Waals surface area contributed by atoms with Gasteiger partial charge in [-0.05, 0) is 62.9 Å². The van der Waals surface area contributed by atoms with E-state index >= 15 is 0 Å². The molecule has 5 nitrogen and oxygen atoms in total. The van der Waals surface area contributed by atoms with Crippen LogP contribution in [0, 0.1) is 5.92 Å². The zero-order chi connectivity index (χ0) is 22.8. The number of sulfone groups is 1. The number of aryl methyl sites for hydroxylation is 1. The summed E-state index contributed by atoms with van der Waals surface area (Å²) in [6.07, 6.45) is 1.36. The summed E-state index contributed by atoms with van der Waals surface area (Å²) in [6, 6.07) is 11.9. The van der Waals surface area contributed by atoms with Crippen molar-refractivity contribution in [2.24, 2.45) is 5.92 Å². The first-order chi connectivity index (χ1) is 14.5. The highest BCUT2D eigenvalue weighted by Crippen LogP contribution is 2.43. The van der Waals surface area contributed by atoms with Crippen molar-refractivity contribution in [3.8, 4) is 0 Å². The summed E-state index contributed by atoms with van der Waals surface area (Å²) in [6.45, 7) is 5.24. The van der Waals surface area contributed by atoms with Gasteiger partial charge in [-0.25, -0.2) is 13.2 Å². The lowest BCUT2D eigenvalue weighted by molar-refractivity contribution is -0.160. The van der Waals surface area contributed by atoms with Crippen LogP contribution in [0.2, 0.25) is 10.0 Å². The van der Waals surface area contributed by atoms with Gasteiger partial charge in [0.1, 0.15) is 12.2 Å². The minimum atomic E-state index is -3.78. The molecule has 1 aliphatic rings. The number of carbonyl (C=O) groups excluding carboxylic acids is 1. The third-order valence-electron chi connectivity index (χ3n) is 5.10. The molecular weight excluding hydrogens is 459 g/mol. The monoisotopic (exact) mass is 484 g/mol. The summed E-state index contributed by atoms with van der Waals surface area (Å²) in [4.78, 5) is 12.1. The maximum atomic E-state index is 13.7. The average Bonchev–Trinajstić information content (AvgIpc) is 2.68. The molecule has 0 saturated carbocycles. The van der Waals surface area contributed by atoms with Crippen LogP contribution >= 0.6 is 23.2 Å². The average molecular weight is 485 g/mol. The molecule has 1 aliphatic carbocycles. The van der Waals surface area contributed by atoms with Gasteiger partial charge >= 0.3 is 5.97 Å². The van der Waals surface area contributed by atoms with Crippen molar-refractivity contribution >= 4 is 39.0 Å². The number of ether oxygens (including phenoxy) is 2. The molecule has 2 atom stereocenters. The predicted octanol–water partition coefficient (Wildman–Crippen LogP) is 5.43. The Kier molecular flexibility index (Phi) is 7.36. The van der Waals surface area contributed by atoms with Gasteiger partial charge in [0.25, 0.3) is 0 Å². The second-order valence-corrected chi connectivity index (χ2v) is 11.5. The zero-order valence-corrected chi connectivity index (χ0v) is 20.1. The van der Waals surface area contributed by atoms with E-state index in [0.29, 0.717) is 11.4 Å².